The van der Waals surface area contributed by atoms with Crippen molar-refractivity contribution in [1.82, 2.24) is 0 Å². The summed E-state index contributed by atoms with van der Waals surface area (Å²) in [6.07, 6.45) is 0. The Bertz CT molecular complexity index is 788. The summed E-state index contributed by atoms with van der Waals surface area (Å²) in [5.41, 5.74) is 3.72. The molecule has 5 nitrogen and oxygen atoms in total. The van der Waals surface area contributed by atoms with Crippen LogP contribution in [0.15, 0.2) is 48.5 Å². The minimum atomic E-state index is -0.231. The van der Waals surface area contributed by atoms with Crippen molar-refractivity contribution in [2.45, 2.75) is 33.1 Å². The predicted octanol–water partition coefficient (Wildman–Crippen LogP) is 4.04. The molecule has 0 fully saturated rings. The van der Waals surface area contributed by atoms with Crippen LogP contribution in [-0.2, 0) is 15.0 Å². The summed E-state index contributed by atoms with van der Waals surface area (Å²) in [6, 6.07) is 15.4. The van der Waals surface area contributed by atoms with Gasteiger partial charge in [-0.25, -0.2) is 0 Å². The number of nitrogens with one attached hydrogen (secondary N) is 1. The van der Waals surface area contributed by atoms with Gasteiger partial charge < -0.3 is 15.1 Å². The number of anilines is 3. The Morgan fingerprint density at radius 1 is 0.889 bits per heavy atom. The van der Waals surface area contributed by atoms with Crippen molar-refractivity contribution in [2.24, 2.45) is 0 Å². The van der Waals surface area contributed by atoms with E-state index in [-0.39, 0.29) is 23.8 Å². The fourth-order valence-corrected chi connectivity index (χ4v) is 2.71. The second-order valence-corrected chi connectivity index (χ2v) is 7.89. The van der Waals surface area contributed by atoms with Gasteiger partial charge >= 0.3 is 0 Å². The zero-order chi connectivity index (χ0) is 20.2. The smallest absolute Gasteiger partial charge is 0.244 e. The van der Waals surface area contributed by atoms with Crippen molar-refractivity contribution in [1.29, 1.82) is 0 Å². The highest BCUT2D eigenvalue weighted by Gasteiger charge is 2.17. The van der Waals surface area contributed by atoms with Gasteiger partial charge in [-0.1, -0.05) is 32.9 Å². The van der Waals surface area contributed by atoms with Gasteiger partial charge in [-0.05, 0) is 47.4 Å². The first-order chi connectivity index (χ1) is 12.6. The Kier molecular flexibility index (Phi) is 6.26. The molecular formula is C22H29N3O2. The number of nitrogens with zero attached hydrogens (tertiary/aromatic N) is 2. The lowest BCUT2D eigenvalue weighted by Gasteiger charge is -2.22. The van der Waals surface area contributed by atoms with E-state index in [1.54, 1.807) is 0 Å². The zero-order valence-electron chi connectivity index (χ0n) is 17.0. The van der Waals surface area contributed by atoms with Crippen LogP contribution in [-0.4, -0.2) is 32.5 Å². The highest BCUT2D eigenvalue weighted by molar-refractivity contribution is 6.01. The minimum Gasteiger partial charge on any atom is -0.378 e. The van der Waals surface area contributed by atoms with Gasteiger partial charge in [-0.15, -0.1) is 0 Å². The molecule has 0 aromatic heterocycles. The van der Waals surface area contributed by atoms with Gasteiger partial charge in [0.2, 0.25) is 11.8 Å². The molecule has 0 saturated carbocycles. The summed E-state index contributed by atoms with van der Waals surface area (Å²) < 4.78 is 0. The molecule has 0 aliphatic carbocycles. The van der Waals surface area contributed by atoms with Crippen LogP contribution < -0.4 is 15.1 Å². The normalized spacial score (nSPS) is 11.0. The van der Waals surface area contributed by atoms with Gasteiger partial charge in [-0.3, -0.25) is 9.59 Å². The lowest BCUT2D eigenvalue weighted by atomic mass is 9.87. The predicted molar refractivity (Wildman–Crippen MR) is 113 cm³/mol. The molecule has 0 radical (unpaired) electrons. The van der Waals surface area contributed by atoms with E-state index < -0.39 is 0 Å². The molecule has 0 saturated heterocycles. The highest BCUT2D eigenvalue weighted by atomic mass is 16.2. The number of amides is 2. The van der Waals surface area contributed by atoms with Crippen LogP contribution >= 0.6 is 0 Å². The van der Waals surface area contributed by atoms with Crippen LogP contribution in [0.2, 0.25) is 0 Å². The molecule has 0 aliphatic heterocycles. The Morgan fingerprint density at radius 2 is 1.41 bits per heavy atom. The van der Waals surface area contributed by atoms with Gasteiger partial charge in [-0.2, -0.15) is 0 Å². The standard InChI is InChI=1S/C22H29N3O2/c1-16(26)25(20-13-11-19(12-14-20)24(5)6)15-21(27)23-18-9-7-17(8-10-18)22(2,3)4/h7-14H,15H2,1-6H3,(H,23,27). The molecule has 2 aromatic carbocycles. The van der Waals surface area contributed by atoms with Crippen LogP contribution in [0, 0.1) is 0 Å². The van der Waals surface area contributed by atoms with Crippen LogP contribution in [0.1, 0.15) is 33.3 Å². The maximum atomic E-state index is 12.4. The van der Waals surface area contributed by atoms with Crippen molar-refractivity contribution < 1.29 is 9.59 Å². The molecule has 2 aromatic rings. The lowest BCUT2D eigenvalue weighted by Crippen LogP contribution is -2.36. The van der Waals surface area contributed by atoms with Crippen molar-refractivity contribution in [2.75, 3.05) is 35.8 Å². The molecule has 2 amide bonds. The number of benzene rings is 2. The summed E-state index contributed by atoms with van der Waals surface area (Å²) in [5, 5.41) is 2.86. The van der Waals surface area contributed by atoms with Gasteiger partial charge in [0.05, 0.1) is 0 Å². The van der Waals surface area contributed by atoms with E-state index in [2.05, 4.69) is 26.1 Å². The van der Waals surface area contributed by atoms with E-state index in [0.29, 0.717) is 5.69 Å². The third-order valence-corrected chi connectivity index (χ3v) is 4.39. The summed E-state index contributed by atoms with van der Waals surface area (Å²) in [7, 11) is 3.91. The number of carbonyl (C=O) groups is 2. The average Bonchev–Trinajstić information content (AvgIpc) is 2.59. The maximum Gasteiger partial charge on any atom is 0.244 e. The third-order valence-electron chi connectivity index (χ3n) is 4.39. The van der Waals surface area contributed by atoms with Crippen molar-refractivity contribution >= 4 is 28.9 Å². The fraction of sp³-hybridized carbons (Fsp3) is 0.364. The SMILES string of the molecule is CC(=O)N(CC(=O)Nc1ccc(C(C)(C)C)cc1)c1ccc(N(C)C)cc1. The Hall–Kier alpha value is -2.82. The lowest BCUT2D eigenvalue weighted by molar-refractivity contribution is -0.120. The average molecular weight is 367 g/mol. The van der Waals surface area contributed by atoms with Crippen LogP contribution in [0.5, 0.6) is 0 Å². The second-order valence-electron chi connectivity index (χ2n) is 7.89. The number of rotatable bonds is 5. The summed E-state index contributed by atoms with van der Waals surface area (Å²) in [6.45, 7) is 7.87. The number of carbonyl (C=O) groups excluding carboxylic acids is 2. The second kappa shape index (κ2) is 8.25. The zero-order valence-corrected chi connectivity index (χ0v) is 17.0. The van der Waals surface area contributed by atoms with E-state index in [0.717, 1.165) is 11.4 Å². The Balaban J connectivity index is 2.07. The molecule has 5 heteroatoms. The molecule has 0 unspecified atom stereocenters. The maximum absolute atomic E-state index is 12.4. The Morgan fingerprint density at radius 3 is 1.85 bits per heavy atom. The van der Waals surface area contributed by atoms with Crippen molar-refractivity contribution in [3.8, 4) is 0 Å². The quantitative estimate of drug-likeness (QED) is 0.868. The van der Waals surface area contributed by atoms with Gasteiger partial charge in [0, 0.05) is 38.1 Å². The van der Waals surface area contributed by atoms with E-state index in [1.807, 2.05) is 67.5 Å². The minimum absolute atomic E-state index is 0.0301. The van der Waals surface area contributed by atoms with Crippen molar-refractivity contribution in [3.05, 3.63) is 54.1 Å². The summed E-state index contributed by atoms with van der Waals surface area (Å²) in [5.74, 6) is -0.406. The molecule has 0 spiro atoms. The number of hydrogen-bond donors (Lipinski definition) is 1. The summed E-state index contributed by atoms with van der Waals surface area (Å²) in [4.78, 5) is 27.9. The van der Waals surface area contributed by atoms with E-state index in [4.69, 9.17) is 0 Å². The molecule has 0 heterocycles. The monoisotopic (exact) mass is 367 g/mol. The topological polar surface area (TPSA) is 52.7 Å². The molecule has 0 bridgehead atoms. The van der Waals surface area contributed by atoms with E-state index >= 15 is 0 Å². The van der Waals surface area contributed by atoms with Crippen LogP contribution in [0.25, 0.3) is 0 Å². The van der Waals surface area contributed by atoms with Crippen LogP contribution in [0.4, 0.5) is 17.1 Å². The molecule has 0 atom stereocenters. The summed E-state index contributed by atoms with van der Waals surface area (Å²) >= 11 is 0. The van der Waals surface area contributed by atoms with E-state index in [9.17, 15) is 9.59 Å². The fourth-order valence-electron chi connectivity index (χ4n) is 2.71. The van der Waals surface area contributed by atoms with Crippen LogP contribution in [0.3, 0.4) is 0 Å². The third kappa shape index (κ3) is 5.58. The Labute approximate surface area is 162 Å². The van der Waals surface area contributed by atoms with Gasteiger partial charge in [0.15, 0.2) is 0 Å². The molecule has 1 N–H and O–H groups in total. The van der Waals surface area contributed by atoms with Gasteiger partial charge in [0.25, 0.3) is 0 Å². The van der Waals surface area contributed by atoms with Gasteiger partial charge in [0.1, 0.15) is 6.54 Å². The largest absolute Gasteiger partial charge is 0.378 e. The number of hydrogen-bond acceptors (Lipinski definition) is 3. The molecule has 27 heavy (non-hydrogen) atoms. The molecule has 2 rings (SSSR count). The highest BCUT2D eigenvalue weighted by Crippen LogP contribution is 2.24. The first kappa shape index (κ1) is 20.5. The van der Waals surface area contributed by atoms with E-state index in [1.165, 1.54) is 17.4 Å². The molecule has 144 valence electrons. The first-order valence-electron chi connectivity index (χ1n) is 9.04. The van der Waals surface area contributed by atoms with Crippen molar-refractivity contribution in [3.63, 3.8) is 0 Å². The molecular weight excluding hydrogens is 338 g/mol. The first-order valence-corrected chi connectivity index (χ1v) is 9.04. The molecule has 0 aliphatic rings.